The fourth-order valence-corrected chi connectivity index (χ4v) is 4.24. The van der Waals surface area contributed by atoms with Gasteiger partial charge < -0.3 is 0 Å². The molecule has 0 aliphatic carbocycles. The molecule has 0 saturated carbocycles. The van der Waals surface area contributed by atoms with Crippen LogP contribution in [0.1, 0.15) is 5.56 Å². The lowest BCUT2D eigenvalue weighted by molar-refractivity contribution is 0.601. The fraction of sp³-hybridized carbons (Fsp3) is 0.143. The van der Waals surface area contributed by atoms with E-state index in [4.69, 9.17) is 0 Å². The molecule has 0 bridgehead atoms. The molecule has 0 heterocycles. The Bertz CT molecular complexity index is 685. The number of anilines is 1. The second-order valence-corrected chi connectivity index (χ2v) is 7.47. The van der Waals surface area contributed by atoms with Crippen molar-refractivity contribution in [1.82, 2.24) is 0 Å². The minimum atomic E-state index is -3.58. The smallest absolute Gasteiger partial charge is 0.263 e. The Morgan fingerprint density at radius 1 is 1.00 bits per heavy atom. The molecule has 0 spiro atoms. The summed E-state index contributed by atoms with van der Waals surface area (Å²) in [4.78, 5) is 0.226. The van der Waals surface area contributed by atoms with Gasteiger partial charge in [0.1, 0.15) is 4.90 Å². The lowest BCUT2D eigenvalue weighted by atomic mass is 10.2. The summed E-state index contributed by atoms with van der Waals surface area (Å²) in [6.45, 7) is 0. The lowest BCUT2D eigenvalue weighted by Gasteiger charge is -2.10. The molecule has 106 valence electrons. The predicted octanol–water partition coefficient (Wildman–Crippen LogP) is 4.19. The Balaban J connectivity index is 2.22. The van der Waals surface area contributed by atoms with Crippen LogP contribution >= 0.6 is 31.9 Å². The van der Waals surface area contributed by atoms with Crippen molar-refractivity contribution in [3.8, 4) is 0 Å². The van der Waals surface area contributed by atoms with E-state index in [2.05, 4.69) is 36.6 Å². The van der Waals surface area contributed by atoms with Crippen molar-refractivity contribution in [1.29, 1.82) is 0 Å². The first-order chi connectivity index (χ1) is 9.53. The summed E-state index contributed by atoms with van der Waals surface area (Å²) in [6.07, 6.45) is 0.914. The molecule has 2 aromatic rings. The third-order valence-corrected chi connectivity index (χ3v) is 5.51. The van der Waals surface area contributed by atoms with Crippen LogP contribution in [0.4, 0.5) is 5.69 Å². The highest BCUT2D eigenvalue weighted by Crippen LogP contribution is 2.23. The molecule has 0 aliphatic rings. The third-order valence-electron chi connectivity index (χ3n) is 2.72. The molecule has 6 heteroatoms. The summed E-state index contributed by atoms with van der Waals surface area (Å²) in [5.74, 6) is 0. The average Bonchev–Trinajstić information content (AvgIpc) is 2.41. The van der Waals surface area contributed by atoms with Crippen LogP contribution in [0.25, 0.3) is 0 Å². The van der Waals surface area contributed by atoms with Crippen molar-refractivity contribution in [3.05, 3.63) is 58.6 Å². The third kappa shape index (κ3) is 3.84. The van der Waals surface area contributed by atoms with Crippen LogP contribution in [-0.4, -0.2) is 13.7 Å². The molecule has 0 fully saturated rings. The topological polar surface area (TPSA) is 46.2 Å². The van der Waals surface area contributed by atoms with Gasteiger partial charge in [-0.1, -0.05) is 40.2 Å². The van der Waals surface area contributed by atoms with E-state index in [1.165, 1.54) is 0 Å². The van der Waals surface area contributed by atoms with E-state index in [1.54, 1.807) is 36.4 Å². The molecule has 2 aromatic carbocycles. The quantitative estimate of drug-likeness (QED) is 0.740. The van der Waals surface area contributed by atoms with E-state index < -0.39 is 10.0 Å². The summed E-state index contributed by atoms with van der Waals surface area (Å²) in [7, 11) is -3.58. The van der Waals surface area contributed by atoms with Gasteiger partial charge in [-0.15, -0.1) is 0 Å². The molecular weight excluding hydrogens is 406 g/mol. The van der Waals surface area contributed by atoms with E-state index in [0.29, 0.717) is 10.2 Å². The van der Waals surface area contributed by atoms with Gasteiger partial charge >= 0.3 is 0 Å². The Morgan fingerprint density at radius 3 is 2.25 bits per heavy atom. The van der Waals surface area contributed by atoms with Crippen molar-refractivity contribution < 1.29 is 8.42 Å². The number of halogens is 2. The van der Waals surface area contributed by atoms with Gasteiger partial charge in [-0.3, -0.25) is 4.72 Å². The number of hydrogen-bond donors (Lipinski definition) is 1. The van der Waals surface area contributed by atoms with Gasteiger partial charge in [0.15, 0.2) is 0 Å². The van der Waals surface area contributed by atoms with Crippen LogP contribution < -0.4 is 4.72 Å². The molecule has 3 nitrogen and oxygen atoms in total. The zero-order valence-electron chi connectivity index (χ0n) is 10.5. The number of nitrogens with one attached hydrogen (secondary N) is 1. The van der Waals surface area contributed by atoms with Gasteiger partial charge in [0.05, 0.1) is 0 Å². The molecule has 1 N–H and O–H groups in total. The van der Waals surface area contributed by atoms with Crippen LogP contribution in [-0.2, 0) is 16.4 Å². The van der Waals surface area contributed by atoms with Crippen LogP contribution in [0.5, 0.6) is 0 Å². The molecular formula is C14H13Br2NO2S. The van der Waals surface area contributed by atoms with E-state index in [-0.39, 0.29) is 4.90 Å². The van der Waals surface area contributed by atoms with Crippen LogP contribution in [0.2, 0.25) is 0 Å². The highest BCUT2D eigenvalue weighted by Gasteiger charge is 2.16. The fourth-order valence-electron chi connectivity index (χ4n) is 1.72. The minimum Gasteiger partial charge on any atom is -0.280 e. The Kier molecular flexibility index (Phi) is 5.23. The number of benzene rings is 2. The summed E-state index contributed by atoms with van der Waals surface area (Å²) < 4.78 is 27.7. The highest BCUT2D eigenvalue weighted by atomic mass is 79.9. The van der Waals surface area contributed by atoms with E-state index >= 15 is 0 Å². The zero-order valence-corrected chi connectivity index (χ0v) is 14.5. The first kappa shape index (κ1) is 15.5. The maximum atomic E-state index is 12.3. The van der Waals surface area contributed by atoms with Gasteiger partial charge in [-0.05, 0) is 52.2 Å². The summed E-state index contributed by atoms with van der Waals surface area (Å²) >= 11 is 6.63. The van der Waals surface area contributed by atoms with Gasteiger partial charge in [0, 0.05) is 15.5 Å². The van der Waals surface area contributed by atoms with E-state index in [0.717, 1.165) is 17.3 Å². The minimum absolute atomic E-state index is 0.226. The van der Waals surface area contributed by atoms with Gasteiger partial charge in [-0.2, -0.15) is 0 Å². The first-order valence-corrected chi connectivity index (χ1v) is 9.35. The SMILES string of the molecule is O=S(=O)(Nc1ccc(CCBr)cc1)c1ccccc1Br. The molecule has 0 radical (unpaired) electrons. The Morgan fingerprint density at radius 2 is 1.65 bits per heavy atom. The summed E-state index contributed by atoms with van der Waals surface area (Å²) in [5, 5.41) is 0.884. The molecule has 20 heavy (non-hydrogen) atoms. The monoisotopic (exact) mass is 417 g/mol. The van der Waals surface area contributed by atoms with Crippen molar-refractivity contribution in [2.24, 2.45) is 0 Å². The van der Waals surface area contributed by atoms with Crippen molar-refractivity contribution in [2.45, 2.75) is 11.3 Å². The predicted molar refractivity (Wildman–Crippen MR) is 88.9 cm³/mol. The van der Waals surface area contributed by atoms with Crippen LogP contribution in [0, 0.1) is 0 Å². The Hall–Kier alpha value is -0.850. The first-order valence-electron chi connectivity index (χ1n) is 5.95. The van der Waals surface area contributed by atoms with Crippen LogP contribution in [0.15, 0.2) is 57.9 Å². The number of sulfonamides is 1. The molecule has 0 amide bonds. The number of aryl methyl sites for hydroxylation is 1. The van der Waals surface area contributed by atoms with Gasteiger partial charge in [-0.25, -0.2) is 8.42 Å². The van der Waals surface area contributed by atoms with Crippen molar-refractivity contribution in [3.63, 3.8) is 0 Å². The molecule has 0 aromatic heterocycles. The van der Waals surface area contributed by atoms with Crippen molar-refractivity contribution >= 4 is 47.6 Å². The lowest BCUT2D eigenvalue weighted by Crippen LogP contribution is -2.13. The van der Waals surface area contributed by atoms with E-state index in [9.17, 15) is 8.42 Å². The van der Waals surface area contributed by atoms with E-state index in [1.807, 2.05) is 12.1 Å². The molecule has 0 unspecified atom stereocenters. The second kappa shape index (κ2) is 6.74. The largest absolute Gasteiger partial charge is 0.280 e. The van der Waals surface area contributed by atoms with Gasteiger partial charge in [0.2, 0.25) is 0 Å². The van der Waals surface area contributed by atoms with Crippen molar-refractivity contribution in [2.75, 3.05) is 10.1 Å². The normalized spacial score (nSPS) is 11.3. The number of hydrogen-bond acceptors (Lipinski definition) is 2. The molecule has 2 rings (SSSR count). The summed E-state index contributed by atoms with van der Waals surface area (Å²) in [5.41, 5.74) is 1.71. The summed E-state index contributed by atoms with van der Waals surface area (Å²) in [6, 6.07) is 14.1. The maximum Gasteiger partial charge on any atom is 0.263 e. The number of rotatable bonds is 5. The molecule has 0 saturated heterocycles. The maximum absolute atomic E-state index is 12.3. The average molecular weight is 419 g/mol. The standard InChI is InChI=1S/C14H13Br2NO2S/c15-10-9-11-5-7-12(8-6-11)17-20(18,19)14-4-2-1-3-13(14)16/h1-8,17H,9-10H2. The molecule has 0 aliphatic heterocycles. The second-order valence-electron chi connectivity index (χ2n) is 4.17. The van der Waals surface area contributed by atoms with Crippen LogP contribution in [0.3, 0.4) is 0 Å². The number of alkyl halides is 1. The molecule has 0 atom stereocenters. The Labute approximate surface area is 135 Å². The van der Waals surface area contributed by atoms with Gasteiger partial charge in [0.25, 0.3) is 10.0 Å². The highest BCUT2D eigenvalue weighted by molar-refractivity contribution is 9.10. The zero-order chi connectivity index (χ0) is 14.6.